The third-order valence-corrected chi connectivity index (χ3v) is 7.37. The van der Waals surface area contributed by atoms with E-state index in [-0.39, 0.29) is 18.0 Å². The molecule has 252 valence electrons. The lowest BCUT2D eigenvalue weighted by Crippen LogP contribution is -2.09. The summed E-state index contributed by atoms with van der Waals surface area (Å²) < 4.78 is 18.2. The van der Waals surface area contributed by atoms with Crippen LogP contribution in [0.4, 0.5) is 0 Å². The Bertz CT molecular complexity index is 1680. The zero-order valence-corrected chi connectivity index (χ0v) is 29.9. The maximum Gasteiger partial charge on any atom is 0.338 e. The second-order valence-corrected chi connectivity index (χ2v) is 10.4. The molecule has 10 heteroatoms. The molecule has 3 aromatic heterocycles. The minimum Gasteiger partial charge on any atom is -0.462 e. The van der Waals surface area contributed by atoms with Crippen LogP contribution in [0.5, 0.6) is 0 Å². The molecule has 0 bridgehead atoms. The Hall–Kier alpha value is -4.42. The number of aromatic nitrogens is 4. The molecule has 0 spiro atoms. The van der Waals surface area contributed by atoms with Crippen molar-refractivity contribution in [2.24, 2.45) is 0 Å². The van der Waals surface area contributed by atoms with Crippen LogP contribution in [0.15, 0.2) is 104 Å². The average molecular weight is 764 g/mol. The van der Waals surface area contributed by atoms with Crippen LogP contribution in [-0.4, -0.2) is 54.7 Å². The van der Waals surface area contributed by atoms with Crippen molar-refractivity contribution in [2.45, 2.75) is 52.7 Å². The first-order valence-electron chi connectivity index (χ1n) is 16.5. The number of aliphatic hydroxyl groups excluding tert-OH is 1. The van der Waals surface area contributed by atoms with Gasteiger partial charge in [0, 0.05) is 37.3 Å². The van der Waals surface area contributed by atoms with Crippen molar-refractivity contribution in [1.82, 2.24) is 19.5 Å². The number of aliphatic hydroxyl groups is 1. The van der Waals surface area contributed by atoms with Crippen LogP contribution in [-0.2, 0) is 9.47 Å². The van der Waals surface area contributed by atoms with E-state index in [1.807, 2.05) is 90.7 Å². The minimum atomic E-state index is -0.523. The van der Waals surface area contributed by atoms with E-state index in [9.17, 15) is 14.7 Å². The predicted octanol–water partition coefficient (Wildman–Crippen LogP) is 8.54. The molecule has 0 aliphatic rings. The fourth-order valence-electron chi connectivity index (χ4n) is 4.81. The van der Waals surface area contributed by atoms with E-state index in [0.29, 0.717) is 41.4 Å². The summed E-state index contributed by atoms with van der Waals surface area (Å²) in [6.45, 7) is 8.37. The fraction of sp³-hybridized carbons (Fsp3) is 0.289. The van der Waals surface area contributed by atoms with Gasteiger partial charge < -0.3 is 19.1 Å². The lowest BCUT2D eigenvalue weighted by atomic mass is 10.0. The topological polar surface area (TPSA) is 116 Å². The molecule has 5 rings (SSSR count). The molecule has 0 aliphatic heterocycles. The summed E-state index contributed by atoms with van der Waals surface area (Å²) >= 11 is 1.96. The van der Waals surface area contributed by atoms with E-state index in [1.165, 1.54) is 0 Å². The zero-order valence-electron chi connectivity index (χ0n) is 28.8. The summed E-state index contributed by atoms with van der Waals surface area (Å²) in [5, 5.41) is 9.72. The maximum absolute atomic E-state index is 11.7. The first kappa shape index (κ1) is 36.4. The summed E-state index contributed by atoms with van der Waals surface area (Å²) in [7, 11) is 0. The standard InChI is InChI=1S/C20H21N3O2.C17H19NO3.CH3I/c1-3-19(23-12-11-21-14-23)18-10-9-17(13-22-18)15-5-7-16(8-6-15)20(24)25-4-2;1-3-16(19)15-10-9-14(11-18-15)12-5-7-13(8-6-12)17(20)21-4-2;1-2/h5-14,19H,3-4H2,1-2H3;5-11,16,19H,3-4H2,1-2H3;1H3/i;;1D. The van der Waals surface area contributed by atoms with Gasteiger partial charge in [0.2, 0.25) is 0 Å². The molecule has 2 aromatic carbocycles. The lowest BCUT2D eigenvalue weighted by Gasteiger charge is -2.16. The van der Waals surface area contributed by atoms with Gasteiger partial charge in [-0.15, -0.1) is 0 Å². The van der Waals surface area contributed by atoms with Gasteiger partial charge in [0.25, 0.3) is 0 Å². The highest BCUT2D eigenvalue weighted by Crippen LogP contribution is 2.25. The molecular formula is C38H43IN4O5. The molecule has 0 saturated carbocycles. The number of esters is 2. The van der Waals surface area contributed by atoms with Gasteiger partial charge in [0.05, 0.1) is 54.2 Å². The van der Waals surface area contributed by atoms with Gasteiger partial charge in [0.1, 0.15) is 0 Å². The van der Waals surface area contributed by atoms with Crippen LogP contribution in [0.2, 0.25) is 0 Å². The molecule has 0 radical (unpaired) electrons. The molecule has 0 fully saturated rings. The summed E-state index contributed by atoms with van der Waals surface area (Å²) in [4.78, 5) is 36.8. The second kappa shape index (κ2) is 20.1. The molecule has 2 atom stereocenters. The zero-order chi connectivity index (χ0) is 35.6. The molecule has 5 aromatic rings. The minimum absolute atomic E-state index is 0.183. The summed E-state index contributed by atoms with van der Waals surface area (Å²) in [5.41, 5.74) is 6.71. The number of pyridine rings is 2. The summed E-state index contributed by atoms with van der Waals surface area (Å²) in [6, 6.07) is 22.6. The molecule has 0 saturated heterocycles. The highest BCUT2D eigenvalue weighted by atomic mass is 127. The third kappa shape index (κ3) is 10.5. The van der Waals surface area contributed by atoms with Gasteiger partial charge in [-0.05, 0) is 79.1 Å². The number of carbonyl (C=O) groups excluding carboxylic acids is 2. The summed E-state index contributed by atoms with van der Waals surface area (Å²) in [5.74, 6) is -0.614. The van der Waals surface area contributed by atoms with Crippen LogP contribution in [0, 0.1) is 0 Å². The number of rotatable bonds is 11. The summed E-state index contributed by atoms with van der Waals surface area (Å²) in [6.07, 6.45) is 10.2. The largest absolute Gasteiger partial charge is 0.462 e. The molecular weight excluding hydrogens is 719 g/mol. The first-order valence-corrected chi connectivity index (χ1v) is 17.3. The van der Waals surface area contributed by atoms with Gasteiger partial charge in [0.15, 0.2) is 0 Å². The van der Waals surface area contributed by atoms with E-state index in [2.05, 4.69) is 32.5 Å². The Kier molecular flexibility index (Phi) is 15.2. The molecule has 48 heavy (non-hydrogen) atoms. The van der Waals surface area contributed by atoms with E-state index >= 15 is 0 Å². The van der Waals surface area contributed by atoms with Crippen LogP contribution >= 0.6 is 22.6 Å². The first-order chi connectivity index (χ1) is 23.8. The van der Waals surface area contributed by atoms with E-state index in [0.717, 1.165) is 34.4 Å². The maximum atomic E-state index is 11.7. The average Bonchev–Trinajstić information content (AvgIpc) is 3.68. The van der Waals surface area contributed by atoms with Crippen molar-refractivity contribution in [3.8, 4) is 22.3 Å². The Morgan fingerprint density at radius 1 is 0.750 bits per heavy atom. The van der Waals surface area contributed by atoms with Crippen LogP contribution < -0.4 is 0 Å². The lowest BCUT2D eigenvalue weighted by molar-refractivity contribution is 0.0517. The van der Waals surface area contributed by atoms with Crippen LogP contribution in [0.25, 0.3) is 22.3 Å². The van der Waals surface area contributed by atoms with Gasteiger partial charge in [-0.25, -0.2) is 14.6 Å². The SMILES string of the molecule is CCOC(=O)c1ccc(-c2ccc(C(CC)n3ccnc3)nc2)cc1.CCOC(=O)c1ccc(-c2ccc(C(O)CC)nc2)cc1.[2H]CI. The van der Waals surface area contributed by atoms with Gasteiger partial charge in [-0.1, -0.05) is 72.8 Å². The van der Waals surface area contributed by atoms with Crippen molar-refractivity contribution in [3.63, 3.8) is 0 Å². The second-order valence-electron chi connectivity index (χ2n) is 10.4. The van der Waals surface area contributed by atoms with Crippen LogP contribution in [0.1, 0.15) is 86.2 Å². The molecule has 3 heterocycles. The fourth-order valence-corrected chi connectivity index (χ4v) is 4.81. The van der Waals surface area contributed by atoms with Crippen molar-refractivity contribution in [2.75, 3.05) is 18.1 Å². The van der Waals surface area contributed by atoms with Gasteiger partial charge >= 0.3 is 11.9 Å². The van der Waals surface area contributed by atoms with Crippen molar-refractivity contribution in [3.05, 3.63) is 126 Å². The van der Waals surface area contributed by atoms with Gasteiger partial charge in [-0.3, -0.25) is 9.97 Å². The quantitative estimate of drug-likeness (QED) is 0.0809. The number of hydrogen-bond donors (Lipinski definition) is 1. The Balaban J connectivity index is 0.000000249. The third-order valence-electron chi connectivity index (χ3n) is 7.37. The van der Waals surface area contributed by atoms with Crippen molar-refractivity contribution >= 4 is 34.5 Å². The number of halogens is 1. The number of ether oxygens (including phenoxy) is 2. The highest BCUT2D eigenvalue weighted by Gasteiger charge is 2.13. The Morgan fingerprint density at radius 2 is 1.21 bits per heavy atom. The Morgan fingerprint density at radius 3 is 1.56 bits per heavy atom. The molecule has 1 N–H and O–H groups in total. The number of benzene rings is 2. The van der Waals surface area contributed by atoms with E-state index in [1.54, 1.807) is 50.5 Å². The van der Waals surface area contributed by atoms with Crippen molar-refractivity contribution < 1.29 is 25.5 Å². The monoisotopic (exact) mass is 763 g/mol. The smallest absolute Gasteiger partial charge is 0.338 e. The Labute approximate surface area is 298 Å². The molecule has 2 unspecified atom stereocenters. The number of hydrogen-bond acceptors (Lipinski definition) is 8. The normalized spacial score (nSPS) is 11.8. The van der Waals surface area contributed by atoms with E-state index < -0.39 is 6.10 Å². The van der Waals surface area contributed by atoms with E-state index in [4.69, 9.17) is 10.8 Å². The van der Waals surface area contributed by atoms with Gasteiger partial charge in [-0.2, -0.15) is 0 Å². The number of imidazole rings is 1. The number of alkyl halides is 1. The molecule has 0 aliphatic carbocycles. The molecule has 0 amide bonds. The number of nitrogens with zero attached hydrogens (tertiary/aromatic N) is 4. The molecule has 9 nitrogen and oxygen atoms in total. The predicted molar refractivity (Wildman–Crippen MR) is 197 cm³/mol. The van der Waals surface area contributed by atoms with Crippen LogP contribution in [0.3, 0.4) is 0 Å². The van der Waals surface area contributed by atoms with Crippen molar-refractivity contribution in [1.29, 1.82) is 0 Å². The number of carbonyl (C=O) groups is 2. The highest BCUT2D eigenvalue weighted by molar-refractivity contribution is 14.1.